The normalized spacial score (nSPS) is 10.8. The molecule has 2 aromatic heterocycles. The molecular formula is C20H17N5O2S. The van der Waals surface area contributed by atoms with Crippen LogP contribution < -0.4 is 5.32 Å². The molecule has 0 atom stereocenters. The van der Waals surface area contributed by atoms with Crippen LogP contribution in [0.25, 0.3) is 11.5 Å². The molecule has 0 saturated heterocycles. The van der Waals surface area contributed by atoms with E-state index in [1.165, 1.54) is 18.0 Å². The number of carbonyl (C=O) groups is 1. The van der Waals surface area contributed by atoms with Crippen LogP contribution in [0.4, 0.5) is 5.69 Å². The lowest BCUT2D eigenvalue weighted by Crippen LogP contribution is -2.14. The molecule has 0 fully saturated rings. The van der Waals surface area contributed by atoms with Crippen molar-refractivity contribution in [2.75, 3.05) is 5.32 Å². The molecule has 0 aliphatic rings. The molecule has 8 heteroatoms. The molecule has 28 heavy (non-hydrogen) atoms. The Morgan fingerprint density at radius 2 is 1.93 bits per heavy atom. The number of anilines is 1. The summed E-state index contributed by atoms with van der Waals surface area (Å²) in [6.45, 7) is 0. The van der Waals surface area contributed by atoms with E-state index in [1.807, 2.05) is 66.2 Å². The van der Waals surface area contributed by atoms with E-state index in [9.17, 15) is 4.79 Å². The summed E-state index contributed by atoms with van der Waals surface area (Å²) in [6.07, 6.45) is 3.32. The van der Waals surface area contributed by atoms with Crippen molar-refractivity contribution in [2.24, 2.45) is 7.05 Å². The zero-order valence-electron chi connectivity index (χ0n) is 15.1. The van der Waals surface area contributed by atoms with Gasteiger partial charge in [0.25, 0.3) is 0 Å². The number of nitrogens with one attached hydrogen (secondary N) is 1. The Hall–Kier alpha value is -3.39. The first kappa shape index (κ1) is 18.0. The summed E-state index contributed by atoms with van der Waals surface area (Å²) in [4.78, 5) is 17.7. The van der Waals surface area contributed by atoms with Crippen LogP contribution >= 0.6 is 11.8 Å². The van der Waals surface area contributed by atoms with Crippen LogP contribution in [-0.2, 0) is 18.3 Å². The van der Waals surface area contributed by atoms with Crippen LogP contribution in [0.3, 0.4) is 0 Å². The van der Waals surface area contributed by atoms with Crippen molar-refractivity contribution in [3.8, 4) is 11.5 Å². The standard InChI is InChI=1S/C20H17N5O2S/c1-25-13-21-24-20(25)28-17-9-7-15(8-10-17)22-18(26)11-16-12-27-19(23-16)14-5-3-2-4-6-14/h2-10,12-13H,11H2,1H3,(H,22,26). The smallest absolute Gasteiger partial charge is 0.230 e. The van der Waals surface area contributed by atoms with Gasteiger partial charge in [0.1, 0.15) is 12.6 Å². The highest BCUT2D eigenvalue weighted by atomic mass is 32.2. The van der Waals surface area contributed by atoms with Crippen LogP contribution in [0, 0.1) is 0 Å². The highest BCUT2D eigenvalue weighted by Crippen LogP contribution is 2.26. The molecule has 0 radical (unpaired) electrons. The number of oxazole rings is 1. The highest BCUT2D eigenvalue weighted by molar-refractivity contribution is 7.99. The first-order valence-electron chi connectivity index (χ1n) is 8.59. The molecule has 4 rings (SSSR count). The molecule has 0 aliphatic carbocycles. The summed E-state index contributed by atoms with van der Waals surface area (Å²) in [5.74, 6) is 0.357. The van der Waals surface area contributed by atoms with Crippen molar-refractivity contribution in [3.05, 3.63) is 72.9 Å². The summed E-state index contributed by atoms with van der Waals surface area (Å²) in [5, 5.41) is 11.6. The lowest BCUT2D eigenvalue weighted by atomic mass is 10.2. The van der Waals surface area contributed by atoms with Crippen LogP contribution in [0.2, 0.25) is 0 Å². The average molecular weight is 391 g/mol. The summed E-state index contributed by atoms with van der Waals surface area (Å²) >= 11 is 1.51. The van der Waals surface area contributed by atoms with Crippen LogP contribution in [0.5, 0.6) is 0 Å². The number of nitrogens with zero attached hydrogens (tertiary/aromatic N) is 4. The second-order valence-electron chi connectivity index (χ2n) is 6.09. The Labute approximate surface area is 165 Å². The number of aromatic nitrogens is 4. The summed E-state index contributed by atoms with van der Waals surface area (Å²) in [5.41, 5.74) is 2.19. The van der Waals surface area contributed by atoms with E-state index in [-0.39, 0.29) is 12.3 Å². The zero-order chi connectivity index (χ0) is 19.3. The third-order valence-electron chi connectivity index (χ3n) is 3.93. The minimum atomic E-state index is -0.151. The molecular weight excluding hydrogens is 374 g/mol. The fourth-order valence-electron chi connectivity index (χ4n) is 2.55. The first-order chi connectivity index (χ1) is 13.7. The van der Waals surface area contributed by atoms with Crippen molar-refractivity contribution < 1.29 is 9.21 Å². The molecule has 0 bridgehead atoms. The van der Waals surface area contributed by atoms with E-state index in [4.69, 9.17) is 4.42 Å². The summed E-state index contributed by atoms with van der Waals surface area (Å²) in [7, 11) is 1.89. The fourth-order valence-corrected chi connectivity index (χ4v) is 3.31. The van der Waals surface area contributed by atoms with Gasteiger partial charge in [0.05, 0.1) is 12.1 Å². The van der Waals surface area contributed by atoms with Gasteiger partial charge in [0.2, 0.25) is 11.8 Å². The number of aryl methyl sites for hydroxylation is 1. The minimum absolute atomic E-state index is 0.145. The highest BCUT2D eigenvalue weighted by Gasteiger charge is 2.11. The second-order valence-corrected chi connectivity index (χ2v) is 7.13. The Morgan fingerprint density at radius 1 is 1.14 bits per heavy atom. The van der Waals surface area contributed by atoms with Gasteiger partial charge < -0.3 is 14.3 Å². The van der Waals surface area contributed by atoms with Crippen molar-refractivity contribution >= 4 is 23.4 Å². The van der Waals surface area contributed by atoms with Crippen LogP contribution in [-0.4, -0.2) is 25.7 Å². The maximum atomic E-state index is 12.3. The van der Waals surface area contributed by atoms with Crippen molar-refractivity contribution in [2.45, 2.75) is 16.5 Å². The van der Waals surface area contributed by atoms with E-state index >= 15 is 0 Å². The lowest BCUT2D eigenvalue weighted by Gasteiger charge is -2.05. The Morgan fingerprint density at radius 3 is 2.64 bits per heavy atom. The predicted octanol–water partition coefficient (Wildman–Crippen LogP) is 3.80. The Bertz CT molecular complexity index is 1070. The van der Waals surface area contributed by atoms with Gasteiger partial charge in [-0.05, 0) is 48.2 Å². The Kier molecular flexibility index (Phi) is 5.20. The minimum Gasteiger partial charge on any atom is -0.444 e. The number of amides is 1. The molecule has 140 valence electrons. The number of rotatable bonds is 6. The van der Waals surface area contributed by atoms with Gasteiger partial charge in [-0.3, -0.25) is 4.79 Å². The first-order valence-corrected chi connectivity index (χ1v) is 9.40. The maximum absolute atomic E-state index is 12.3. The molecule has 0 unspecified atom stereocenters. The molecule has 2 aromatic carbocycles. The van der Waals surface area contributed by atoms with Crippen LogP contribution in [0.1, 0.15) is 5.69 Å². The molecule has 0 saturated carbocycles. The zero-order valence-corrected chi connectivity index (χ0v) is 15.9. The Balaban J connectivity index is 1.35. The van der Waals surface area contributed by atoms with Crippen LogP contribution in [0.15, 0.2) is 81.7 Å². The third kappa shape index (κ3) is 4.29. The monoisotopic (exact) mass is 391 g/mol. The SMILES string of the molecule is Cn1cnnc1Sc1ccc(NC(=O)Cc2coc(-c3ccccc3)n2)cc1. The van der Waals surface area contributed by atoms with Gasteiger partial charge in [0, 0.05) is 23.2 Å². The van der Waals surface area contributed by atoms with E-state index in [0.717, 1.165) is 21.3 Å². The van der Waals surface area contributed by atoms with Gasteiger partial charge in [-0.2, -0.15) is 0 Å². The van der Waals surface area contributed by atoms with Gasteiger partial charge >= 0.3 is 0 Å². The molecule has 2 heterocycles. The number of hydrogen-bond acceptors (Lipinski definition) is 6. The topological polar surface area (TPSA) is 85.8 Å². The molecule has 0 aliphatic heterocycles. The maximum Gasteiger partial charge on any atom is 0.230 e. The lowest BCUT2D eigenvalue weighted by molar-refractivity contribution is -0.115. The van der Waals surface area contributed by atoms with E-state index in [0.29, 0.717) is 11.6 Å². The average Bonchev–Trinajstić information content (AvgIpc) is 3.33. The largest absolute Gasteiger partial charge is 0.444 e. The quantitative estimate of drug-likeness (QED) is 0.538. The van der Waals surface area contributed by atoms with E-state index in [1.54, 1.807) is 6.33 Å². The van der Waals surface area contributed by atoms with Crippen molar-refractivity contribution in [1.82, 2.24) is 19.7 Å². The number of carbonyl (C=O) groups excluding carboxylic acids is 1. The molecule has 1 amide bonds. The molecule has 1 N–H and O–H groups in total. The fraction of sp³-hybridized carbons (Fsp3) is 0.100. The number of benzene rings is 2. The second kappa shape index (κ2) is 8.10. The molecule has 0 spiro atoms. The van der Waals surface area contributed by atoms with Gasteiger partial charge in [-0.15, -0.1) is 10.2 Å². The predicted molar refractivity (Wildman–Crippen MR) is 106 cm³/mol. The number of hydrogen-bond donors (Lipinski definition) is 1. The third-order valence-corrected chi connectivity index (χ3v) is 4.99. The molecule has 7 nitrogen and oxygen atoms in total. The van der Waals surface area contributed by atoms with Crippen molar-refractivity contribution in [1.29, 1.82) is 0 Å². The van der Waals surface area contributed by atoms with Gasteiger partial charge in [-0.25, -0.2) is 4.98 Å². The van der Waals surface area contributed by atoms with Gasteiger partial charge in [0.15, 0.2) is 5.16 Å². The molecule has 4 aromatic rings. The van der Waals surface area contributed by atoms with E-state index < -0.39 is 0 Å². The summed E-state index contributed by atoms with van der Waals surface area (Å²) in [6, 6.07) is 17.2. The van der Waals surface area contributed by atoms with E-state index in [2.05, 4.69) is 20.5 Å². The summed E-state index contributed by atoms with van der Waals surface area (Å²) < 4.78 is 7.32. The van der Waals surface area contributed by atoms with Crippen molar-refractivity contribution in [3.63, 3.8) is 0 Å². The van der Waals surface area contributed by atoms with Gasteiger partial charge in [-0.1, -0.05) is 18.2 Å².